The maximum atomic E-state index is 12.1. The van der Waals surface area contributed by atoms with E-state index >= 15 is 0 Å². The van der Waals surface area contributed by atoms with Crippen LogP contribution in [0.25, 0.3) is 0 Å². The number of carbonyl (C=O) groups is 3. The van der Waals surface area contributed by atoms with E-state index in [2.05, 4.69) is 0 Å². The molecule has 1 aromatic carbocycles. The average molecular weight is 259 g/mol. The van der Waals surface area contributed by atoms with Crippen molar-refractivity contribution in [1.29, 1.82) is 0 Å². The summed E-state index contributed by atoms with van der Waals surface area (Å²) in [5.41, 5.74) is 2.02. The summed E-state index contributed by atoms with van der Waals surface area (Å²) in [6, 6.07) is 6.46. The van der Waals surface area contributed by atoms with Crippen LogP contribution in [0.5, 0.6) is 0 Å². The van der Waals surface area contributed by atoms with E-state index in [9.17, 15) is 19.5 Å². The van der Waals surface area contributed by atoms with Gasteiger partial charge in [-0.25, -0.2) is 4.79 Å². The van der Waals surface area contributed by atoms with Gasteiger partial charge in [-0.2, -0.15) is 0 Å². The molecule has 0 aliphatic carbocycles. The summed E-state index contributed by atoms with van der Waals surface area (Å²) < 4.78 is 0. The highest BCUT2D eigenvalue weighted by atomic mass is 16.4. The Balaban J connectivity index is 1.92. The van der Waals surface area contributed by atoms with Gasteiger partial charge < -0.3 is 14.8 Å². The largest absolute Gasteiger partial charge is 0.548 e. The Morgan fingerprint density at radius 3 is 2.63 bits per heavy atom. The Labute approximate surface area is 109 Å². The van der Waals surface area contributed by atoms with Crippen molar-refractivity contribution in [3.63, 3.8) is 0 Å². The highest BCUT2D eigenvalue weighted by molar-refractivity contribution is 6.06. The van der Waals surface area contributed by atoms with E-state index in [1.807, 2.05) is 24.3 Å². The van der Waals surface area contributed by atoms with Gasteiger partial charge in [0.15, 0.2) is 0 Å². The van der Waals surface area contributed by atoms with E-state index in [0.717, 1.165) is 16.0 Å². The fraction of sp³-hybridized carbons (Fsp3) is 0.308. The number of carboxylic acids is 1. The number of aliphatic carboxylic acids is 1. The number of nitrogens with zero attached hydrogens (tertiary/aromatic N) is 2. The summed E-state index contributed by atoms with van der Waals surface area (Å²) in [6.45, 7) is -0.337. The molecule has 98 valence electrons. The van der Waals surface area contributed by atoms with E-state index in [0.29, 0.717) is 13.0 Å². The smallest absolute Gasteiger partial charge is 0.328 e. The number of carboxylic acid groups (broad SMARTS) is 1. The van der Waals surface area contributed by atoms with E-state index < -0.39 is 30.5 Å². The molecule has 19 heavy (non-hydrogen) atoms. The Morgan fingerprint density at radius 1 is 1.26 bits per heavy atom. The van der Waals surface area contributed by atoms with Gasteiger partial charge in [0.25, 0.3) is 5.91 Å². The normalized spacial score (nSPS) is 21.4. The van der Waals surface area contributed by atoms with Crippen LogP contribution in [0.4, 0.5) is 4.79 Å². The first-order chi connectivity index (χ1) is 9.08. The number of hydrogen-bond donors (Lipinski definition) is 0. The standard InChI is InChI=1S/C13H12N2O4/c16-11(17)7-15-12(18)10-5-8-3-1-2-4-9(8)6-14(10)13(15)19/h1-4,10H,5-7H2,(H,16,17)/p-1/t10-/m0/s1. The molecule has 0 spiro atoms. The molecule has 0 radical (unpaired) electrons. The third-order valence-corrected chi connectivity index (χ3v) is 3.56. The first-order valence-electron chi connectivity index (χ1n) is 5.96. The number of amides is 3. The van der Waals surface area contributed by atoms with Crippen molar-refractivity contribution >= 4 is 17.9 Å². The lowest BCUT2D eigenvalue weighted by molar-refractivity contribution is -0.305. The van der Waals surface area contributed by atoms with Crippen LogP contribution in [0.3, 0.4) is 0 Å². The maximum absolute atomic E-state index is 12.1. The molecule has 6 nitrogen and oxygen atoms in total. The van der Waals surface area contributed by atoms with E-state index in [1.54, 1.807) is 0 Å². The highest BCUT2D eigenvalue weighted by Gasteiger charge is 2.46. The first-order valence-corrected chi connectivity index (χ1v) is 5.96. The van der Waals surface area contributed by atoms with E-state index in [-0.39, 0.29) is 0 Å². The first kappa shape index (κ1) is 11.7. The molecule has 3 amide bonds. The summed E-state index contributed by atoms with van der Waals surface area (Å²) >= 11 is 0. The molecule has 1 saturated heterocycles. The van der Waals surface area contributed by atoms with Crippen LogP contribution in [-0.2, 0) is 22.6 Å². The number of carbonyl (C=O) groups excluding carboxylic acids is 3. The molecule has 0 saturated carbocycles. The lowest BCUT2D eigenvalue weighted by Crippen LogP contribution is -2.42. The van der Waals surface area contributed by atoms with Gasteiger partial charge in [-0.15, -0.1) is 0 Å². The molecular formula is C13H11N2O4-. The van der Waals surface area contributed by atoms with Gasteiger partial charge in [0.2, 0.25) is 0 Å². The second kappa shape index (κ2) is 4.08. The third kappa shape index (κ3) is 1.76. The molecule has 0 unspecified atom stereocenters. The van der Waals surface area contributed by atoms with Gasteiger partial charge in [0, 0.05) is 13.0 Å². The molecule has 2 heterocycles. The number of fused-ring (bicyclic) bond motifs is 2. The second-order valence-electron chi connectivity index (χ2n) is 4.70. The molecule has 0 bridgehead atoms. The van der Waals surface area contributed by atoms with Crippen molar-refractivity contribution < 1.29 is 19.5 Å². The fourth-order valence-corrected chi connectivity index (χ4v) is 2.65. The number of benzene rings is 1. The number of urea groups is 1. The van der Waals surface area contributed by atoms with Crippen molar-refractivity contribution in [2.75, 3.05) is 6.54 Å². The predicted molar refractivity (Wildman–Crippen MR) is 61.6 cm³/mol. The van der Waals surface area contributed by atoms with Crippen LogP contribution in [0.1, 0.15) is 11.1 Å². The zero-order valence-electron chi connectivity index (χ0n) is 10.0. The molecular weight excluding hydrogens is 248 g/mol. The second-order valence-corrected chi connectivity index (χ2v) is 4.70. The Bertz CT molecular complexity index is 541. The molecule has 2 aliphatic heterocycles. The van der Waals surface area contributed by atoms with Crippen molar-refractivity contribution in [2.45, 2.75) is 19.0 Å². The summed E-state index contributed by atoms with van der Waals surface area (Å²) in [7, 11) is 0. The van der Waals surface area contributed by atoms with E-state index in [1.165, 1.54) is 4.90 Å². The van der Waals surface area contributed by atoms with Gasteiger partial charge in [0.1, 0.15) is 6.04 Å². The van der Waals surface area contributed by atoms with Gasteiger partial charge in [0.05, 0.1) is 12.5 Å². The van der Waals surface area contributed by atoms with Crippen molar-refractivity contribution in [2.24, 2.45) is 0 Å². The molecule has 0 N–H and O–H groups in total. The zero-order valence-corrected chi connectivity index (χ0v) is 10.0. The quantitative estimate of drug-likeness (QED) is 0.646. The summed E-state index contributed by atoms with van der Waals surface area (Å²) in [4.78, 5) is 36.9. The van der Waals surface area contributed by atoms with Crippen molar-refractivity contribution in [3.8, 4) is 0 Å². The topological polar surface area (TPSA) is 80.8 Å². The average Bonchev–Trinajstić information content (AvgIpc) is 2.61. The van der Waals surface area contributed by atoms with Gasteiger partial charge in [-0.3, -0.25) is 9.69 Å². The van der Waals surface area contributed by atoms with Crippen LogP contribution < -0.4 is 5.11 Å². The zero-order chi connectivity index (χ0) is 13.6. The van der Waals surface area contributed by atoms with Crippen LogP contribution >= 0.6 is 0 Å². The minimum Gasteiger partial charge on any atom is -0.548 e. The molecule has 1 fully saturated rings. The molecule has 1 aromatic rings. The van der Waals surface area contributed by atoms with E-state index in [4.69, 9.17) is 0 Å². The van der Waals surface area contributed by atoms with Crippen molar-refractivity contribution in [1.82, 2.24) is 9.80 Å². The summed E-state index contributed by atoms with van der Waals surface area (Å²) in [5, 5.41) is 10.6. The van der Waals surface area contributed by atoms with Gasteiger partial charge in [-0.05, 0) is 11.1 Å². The van der Waals surface area contributed by atoms with Crippen LogP contribution in [0.2, 0.25) is 0 Å². The van der Waals surface area contributed by atoms with Gasteiger partial charge in [-0.1, -0.05) is 24.3 Å². The monoisotopic (exact) mass is 259 g/mol. The molecule has 2 aliphatic rings. The Morgan fingerprint density at radius 2 is 1.95 bits per heavy atom. The van der Waals surface area contributed by atoms with Crippen molar-refractivity contribution in [3.05, 3.63) is 35.4 Å². The number of rotatable bonds is 2. The number of imide groups is 1. The van der Waals surface area contributed by atoms with Gasteiger partial charge >= 0.3 is 6.03 Å². The highest BCUT2D eigenvalue weighted by Crippen LogP contribution is 2.29. The summed E-state index contributed by atoms with van der Waals surface area (Å²) in [5.74, 6) is -1.89. The van der Waals surface area contributed by atoms with Crippen LogP contribution in [0, 0.1) is 0 Å². The lowest BCUT2D eigenvalue weighted by Gasteiger charge is -2.28. The van der Waals surface area contributed by atoms with Crippen LogP contribution in [0.15, 0.2) is 24.3 Å². The Kier molecular flexibility index (Phi) is 2.51. The molecule has 3 rings (SSSR count). The SMILES string of the molecule is O=C([O-])CN1C(=O)[C@@H]2Cc3ccccc3CN2C1=O. The molecule has 6 heteroatoms. The fourth-order valence-electron chi connectivity index (χ4n) is 2.65. The third-order valence-electron chi connectivity index (χ3n) is 3.56. The maximum Gasteiger partial charge on any atom is 0.328 e. The summed E-state index contributed by atoms with van der Waals surface area (Å²) in [6.07, 6.45) is 0.435. The minimum absolute atomic E-state index is 0.342. The molecule has 1 atom stereocenters. The Hall–Kier alpha value is -2.37. The lowest BCUT2D eigenvalue weighted by atomic mass is 9.95. The number of hydrogen-bond acceptors (Lipinski definition) is 4. The minimum atomic E-state index is -1.43. The molecule has 0 aromatic heterocycles. The predicted octanol–water partition coefficient (Wildman–Crippen LogP) is -0.875. The van der Waals surface area contributed by atoms with Crippen LogP contribution in [-0.4, -0.2) is 40.3 Å².